The molecule has 174 valence electrons. The molecule has 10 heteroatoms. The first kappa shape index (κ1) is 22.2. The Labute approximate surface area is 198 Å². The van der Waals surface area contributed by atoms with Gasteiger partial charge in [-0.1, -0.05) is 41.7 Å². The van der Waals surface area contributed by atoms with E-state index in [9.17, 15) is 14.0 Å². The molecule has 0 unspecified atom stereocenters. The molecular formula is C24H22FN5O3S. The third kappa shape index (κ3) is 4.68. The Morgan fingerprint density at radius 3 is 2.56 bits per heavy atom. The maximum Gasteiger partial charge on any atom is 0.294 e. The molecule has 0 spiro atoms. The summed E-state index contributed by atoms with van der Waals surface area (Å²) < 4.78 is 20.7. The Morgan fingerprint density at radius 1 is 1.09 bits per heavy atom. The second-order valence-electron chi connectivity index (χ2n) is 7.85. The van der Waals surface area contributed by atoms with Gasteiger partial charge in [0.25, 0.3) is 5.56 Å². The summed E-state index contributed by atoms with van der Waals surface area (Å²) in [6, 6.07) is 15.4. The highest BCUT2D eigenvalue weighted by Crippen LogP contribution is 2.34. The molecule has 0 aliphatic carbocycles. The Morgan fingerprint density at radius 2 is 1.82 bits per heavy atom. The maximum absolute atomic E-state index is 13.5. The first-order chi connectivity index (χ1) is 16.6. The number of anilines is 1. The highest BCUT2D eigenvalue weighted by Gasteiger charge is 2.22. The van der Waals surface area contributed by atoms with Crippen molar-refractivity contribution in [3.8, 4) is 11.3 Å². The number of morpholine rings is 1. The first-order valence-electron chi connectivity index (χ1n) is 10.9. The van der Waals surface area contributed by atoms with Crippen molar-refractivity contribution in [3.63, 3.8) is 0 Å². The fraction of sp³-hybridized carbons (Fsp3) is 0.250. The largest absolute Gasteiger partial charge is 0.378 e. The Hall–Kier alpha value is -3.63. The number of fused-ring (bicyclic) bond motifs is 1. The second kappa shape index (κ2) is 9.70. The summed E-state index contributed by atoms with van der Waals surface area (Å²) in [6.45, 7) is 2.62. The molecule has 34 heavy (non-hydrogen) atoms. The van der Waals surface area contributed by atoms with Gasteiger partial charge < -0.3 is 15.0 Å². The van der Waals surface area contributed by atoms with Gasteiger partial charge >= 0.3 is 0 Å². The summed E-state index contributed by atoms with van der Waals surface area (Å²) >= 11 is 1.37. The zero-order valence-corrected chi connectivity index (χ0v) is 19.1. The molecule has 4 aromatic rings. The van der Waals surface area contributed by atoms with Gasteiger partial charge in [-0.05, 0) is 29.8 Å². The molecule has 8 nitrogen and oxygen atoms in total. The number of aromatic nitrogens is 3. The van der Waals surface area contributed by atoms with E-state index in [-0.39, 0.29) is 23.8 Å². The van der Waals surface area contributed by atoms with E-state index in [1.165, 1.54) is 23.5 Å². The number of hydrogen-bond donors (Lipinski definition) is 1. The molecule has 1 fully saturated rings. The van der Waals surface area contributed by atoms with Crippen molar-refractivity contribution in [1.29, 1.82) is 0 Å². The molecule has 2 aromatic heterocycles. The average Bonchev–Trinajstić information content (AvgIpc) is 3.32. The van der Waals surface area contributed by atoms with E-state index >= 15 is 0 Å². The van der Waals surface area contributed by atoms with Gasteiger partial charge in [-0.25, -0.2) is 14.1 Å². The number of amides is 1. The quantitative estimate of drug-likeness (QED) is 0.458. The average molecular weight is 480 g/mol. The second-order valence-corrected chi connectivity index (χ2v) is 8.83. The minimum absolute atomic E-state index is 0.247. The third-order valence-corrected chi connectivity index (χ3v) is 6.64. The van der Waals surface area contributed by atoms with Crippen LogP contribution in [0, 0.1) is 5.82 Å². The molecule has 1 aliphatic heterocycles. The van der Waals surface area contributed by atoms with Gasteiger partial charge in [-0.3, -0.25) is 9.59 Å². The lowest BCUT2D eigenvalue weighted by Gasteiger charge is -2.25. The van der Waals surface area contributed by atoms with Crippen LogP contribution in [0.3, 0.4) is 0 Å². The van der Waals surface area contributed by atoms with Crippen LogP contribution in [0.15, 0.2) is 59.4 Å². The van der Waals surface area contributed by atoms with Crippen molar-refractivity contribution in [2.75, 3.05) is 31.2 Å². The van der Waals surface area contributed by atoms with Gasteiger partial charge in [0.1, 0.15) is 18.1 Å². The number of hydrogen-bond acceptors (Lipinski definition) is 7. The van der Waals surface area contributed by atoms with Crippen LogP contribution in [0.5, 0.6) is 0 Å². The third-order valence-electron chi connectivity index (χ3n) is 5.51. The van der Waals surface area contributed by atoms with Crippen molar-refractivity contribution < 1.29 is 13.9 Å². The highest BCUT2D eigenvalue weighted by molar-refractivity contribution is 7.22. The summed E-state index contributed by atoms with van der Waals surface area (Å²) in [6.07, 6.45) is 0. The number of thiazole rings is 1. The molecule has 0 atom stereocenters. The fourth-order valence-electron chi connectivity index (χ4n) is 3.73. The monoisotopic (exact) mass is 479 g/mol. The zero-order chi connectivity index (χ0) is 23.5. The zero-order valence-electron chi connectivity index (χ0n) is 18.2. The topological polar surface area (TPSA) is 89.3 Å². The van der Waals surface area contributed by atoms with Crippen molar-refractivity contribution in [2.24, 2.45) is 0 Å². The Kier molecular flexibility index (Phi) is 6.33. The van der Waals surface area contributed by atoms with Crippen LogP contribution in [0.1, 0.15) is 5.56 Å². The van der Waals surface area contributed by atoms with E-state index < -0.39 is 5.56 Å². The lowest BCUT2D eigenvalue weighted by molar-refractivity contribution is -0.122. The molecule has 0 saturated carbocycles. The van der Waals surface area contributed by atoms with Crippen LogP contribution >= 0.6 is 11.3 Å². The van der Waals surface area contributed by atoms with Crippen molar-refractivity contribution in [3.05, 3.63) is 76.3 Å². The molecule has 2 aromatic carbocycles. The molecule has 3 heterocycles. The summed E-state index contributed by atoms with van der Waals surface area (Å²) in [5.41, 5.74) is 1.89. The predicted octanol–water partition coefficient (Wildman–Crippen LogP) is 2.81. The van der Waals surface area contributed by atoms with E-state index in [0.717, 1.165) is 10.2 Å². The number of halogens is 1. The van der Waals surface area contributed by atoms with E-state index in [2.05, 4.69) is 20.3 Å². The Balaban J connectivity index is 1.50. The number of rotatable bonds is 6. The van der Waals surface area contributed by atoms with E-state index in [1.807, 2.05) is 30.3 Å². The number of nitrogens with one attached hydrogen (secondary N) is 1. The first-order valence-corrected chi connectivity index (χ1v) is 11.7. The summed E-state index contributed by atoms with van der Waals surface area (Å²) in [7, 11) is 0. The molecule has 5 rings (SSSR count). The van der Waals surface area contributed by atoms with E-state index in [1.54, 1.807) is 12.1 Å². The summed E-state index contributed by atoms with van der Waals surface area (Å²) in [4.78, 5) is 32.5. The molecule has 1 aliphatic rings. The minimum atomic E-state index is -0.438. The molecular weight excluding hydrogens is 457 g/mol. The normalized spacial score (nSPS) is 13.9. The van der Waals surface area contributed by atoms with Crippen LogP contribution in [0.25, 0.3) is 21.5 Å². The number of benzene rings is 2. The van der Waals surface area contributed by atoms with Gasteiger partial charge in [-0.15, -0.1) is 0 Å². The highest BCUT2D eigenvalue weighted by atomic mass is 32.1. The van der Waals surface area contributed by atoms with Gasteiger partial charge in [0.2, 0.25) is 5.91 Å². The predicted molar refractivity (Wildman–Crippen MR) is 128 cm³/mol. The Bertz CT molecular complexity index is 1370. The fourth-order valence-corrected chi connectivity index (χ4v) is 4.85. The van der Waals surface area contributed by atoms with Crippen LogP contribution in [0.4, 0.5) is 9.52 Å². The van der Waals surface area contributed by atoms with Crippen molar-refractivity contribution in [2.45, 2.75) is 13.1 Å². The summed E-state index contributed by atoms with van der Waals surface area (Å²) in [5.74, 6) is -0.710. The van der Waals surface area contributed by atoms with E-state index in [0.29, 0.717) is 53.9 Å². The maximum atomic E-state index is 13.5. The van der Waals surface area contributed by atoms with Crippen LogP contribution in [-0.4, -0.2) is 47.0 Å². The van der Waals surface area contributed by atoms with Gasteiger partial charge in [0.15, 0.2) is 10.6 Å². The standard InChI is InChI=1S/C24H22FN5O3S/c25-18-8-6-17(7-9-18)20-22-21(27-24(34-22)29-10-12-33-13-11-29)23(32)30(28-20)15-19(31)26-14-16-4-2-1-3-5-16/h1-9H,10-15H2,(H,26,31). The smallest absolute Gasteiger partial charge is 0.294 e. The van der Waals surface area contributed by atoms with Crippen molar-refractivity contribution >= 4 is 32.6 Å². The number of carbonyl (C=O) groups excluding carboxylic acids is 1. The number of carbonyl (C=O) groups is 1. The lowest BCUT2D eigenvalue weighted by Crippen LogP contribution is -2.36. The van der Waals surface area contributed by atoms with Gasteiger partial charge in [0.05, 0.1) is 17.9 Å². The van der Waals surface area contributed by atoms with Gasteiger partial charge in [-0.2, -0.15) is 5.10 Å². The SMILES string of the molecule is O=C(Cn1nc(-c2ccc(F)cc2)c2sc(N3CCOCC3)nc2c1=O)NCc1ccccc1. The molecule has 1 N–H and O–H groups in total. The minimum Gasteiger partial charge on any atom is -0.378 e. The van der Waals surface area contributed by atoms with Crippen LogP contribution < -0.4 is 15.8 Å². The molecule has 1 saturated heterocycles. The number of nitrogens with zero attached hydrogens (tertiary/aromatic N) is 4. The van der Waals surface area contributed by atoms with Crippen molar-refractivity contribution in [1.82, 2.24) is 20.1 Å². The number of ether oxygens (including phenoxy) is 1. The van der Waals surface area contributed by atoms with Crippen LogP contribution in [-0.2, 0) is 22.6 Å². The van der Waals surface area contributed by atoms with Gasteiger partial charge in [0, 0.05) is 25.2 Å². The molecule has 1 amide bonds. The van der Waals surface area contributed by atoms with Crippen LogP contribution in [0.2, 0.25) is 0 Å². The lowest BCUT2D eigenvalue weighted by atomic mass is 10.1. The summed E-state index contributed by atoms with van der Waals surface area (Å²) in [5, 5.41) is 8.02. The van der Waals surface area contributed by atoms with E-state index in [4.69, 9.17) is 4.74 Å². The molecule has 0 radical (unpaired) electrons. The molecule has 0 bridgehead atoms.